The number of nitrogens with one attached hydrogen (secondary N) is 2. The maximum Gasteiger partial charge on any atom is 0.132 e. The smallest absolute Gasteiger partial charge is 0.132 e. The van der Waals surface area contributed by atoms with Crippen molar-refractivity contribution in [3.05, 3.63) is 0 Å². The summed E-state index contributed by atoms with van der Waals surface area (Å²) in [7, 11) is 0. The molecule has 21 heavy (non-hydrogen) atoms. The van der Waals surface area contributed by atoms with Gasteiger partial charge in [-0.05, 0) is 37.5 Å². The summed E-state index contributed by atoms with van der Waals surface area (Å²) in [5.41, 5.74) is 0. The van der Waals surface area contributed by atoms with Gasteiger partial charge < -0.3 is 10.6 Å². The van der Waals surface area contributed by atoms with Crippen LogP contribution in [0.1, 0.15) is 64.7 Å². The zero-order chi connectivity index (χ0) is 15.1. The van der Waals surface area contributed by atoms with Gasteiger partial charge in [0.25, 0.3) is 0 Å². The third-order valence-electron chi connectivity index (χ3n) is 5.17. The highest BCUT2D eigenvalue weighted by molar-refractivity contribution is 4.88. The third-order valence-corrected chi connectivity index (χ3v) is 5.17. The molecule has 2 aliphatic rings. The molecule has 0 aromatic heterocycles. The first-order chi connectivity index (χ1) is 10.2. The topological polar surface area (TPSA) is 24.1 Å². The van der Waals surface area contributed by atoms with E-state index in [0.717, 1.165) is 19.5 Å². The van der Waals surface area contributed by atoms with E-state index in [1.165, 1.54) is 38.5 Å². The molecule has 0 aromatic carbocycles. The van der Waals surface area contributed by atoms with Crippen LogP contribution in [0.3, 0.4) is 0 Å². The molecule has 1 heterocycles. The van der Waals surface area contributed by atoms with Gasteiger partial charge in [-0.1, -0.05) is 39.0 Å². The van der Waals surface area contributed by atoms with Gasteiger partial charge in [-0.25, -0.2) is 8.78 Å². The molecule has 0 radical (unpaired) electrons. The van der Waals surface area contributed by atoms with Crippen LogP contribution in [0.4, 0.5) is 8.78 Å². The Morgan fingerprint density at radius 3 is 2.29 bits per heavy atom. The summed E-state index contributed by atoms with van der Waals surface area (Å²) in [5, 5.41) is 7.05. The maximum absolute atomic E-state index is 13.5. The Labute approximate surface area is 128 Å². The minimum atomic E-state index is -1.26. The molecule has 0 aromatic rings. The van der Waals surface area contributed by atoms with E-state index in [9.17, 15) is 8.78 Å². The zero-order valence-corrected chi connectivity index (χ0v) is 13.4. The van der Waals surface area contributed by atoms with Crippen LogP contribution >= 0.6 is 0 Å². The van der Waals surface area contributed by atoms with Crippen LogP contribution in [0.2, 0.25) is 0 Å². The van der Waals surface area contributed by atoms with Crippen molar-refractivity contribution >= 4 is 0 Å². The fourth-order valence-electron chi connectivity index (χ4n) is 3.72. The van der Waals surface area contributed by atoms with Crippen molar-refractivity contribution in [2.75, 3.05) is 13.1 Å². The Kier molecular flexibility index (Phi) is 7.38. The Morgan fingerprint density at radius 1 is 0.905 bits per heavy atom. The van der Waals surface area contributed by atoms with Crippen LogP contribution in [0.15, 0.2) is 0 Å². The summed E-state index contributed by atoms with van der Waals surface area (Å²) < 4.78 is 26.7. The van der Waals surface area contributed by atoms with Crippen LogP contribution < -0.4 is 10.6 Å². The second-order valence-corrected chi connectivity index (χ2v) is 6.97. The van der Waals surface area contributed by atoms with Crippen molar-refractivity contribution in [2.24, 2.45) is 11.8 Å². The fourth-order valence-corrected chi connectivity index (χ4v) is 3.72. The quantitative estimate of drug-likeness (QED) is 0.696. The van der Waals surface area contributed by atoms with Crippen LogP contribution in [-0.4, -0.2) is 31.6 Å². The second-order valence-electron chi connectivity index (χ2n) is 6.97. The first-order valence-electron chi connectivity index (χ1n) is 8.95. The molecule has 1 saturated heterocycles. The van der Waals surface area contributed by atoms with Crippen molar-refractivity contribution in [2.45, 2.75) is 83.2 Å². The number of unbranched alkanes of at least 4 members (excludes halogenated alkanes) is 4. The lowest BCUT2D eigenvalue weighted by molar-refractivity contribution is 0.0631. The van der Waals surface area contributed by atoms with E-state index in [0.29, 0.717) is 18.8 Å². The van der Waals surface area contributed by atoms with Crippen LogP contribution in [0.5, 0.6) is 0 Å². The van der Waals surface area contributed by atoms with Gasteiger partial charge in [-0.2, -0.15) is 0 Å². The summed E-state index contributed by atoms with van der Waals surface area (Å²) in [4.78, 5) is 0. The summed E-state index contributed by atoms with van der Waals surface area (Å²) in [5.74, 6) is 0.944. The standard InChI is InChI=1S/C17H32F2N2/c1-2-3-4-5-6-7-13-11-20-17(21-12-13)14-8-9-15(18)16(19)10-14/h13-17,20-21H,2-12H2,1H3. The van der Waals surface area contributed by atoms with Gasteiger partial charge in [-0.15, -0.1) is 0 Å². The van der Waals surface area contributed by atoms with E-state index in [1.807, 2.05) is 0 Å². The predicted octanol–water partition coefficient (Wildman–Crippen LogP) is 3.96. The lowest BCUT2D eigenvalue weighted by atomic mass is 9.83. The third kappa shape index (κ3) is 5.48. The number of rotatable bonds is 7. The number of halogens is 2. The first-order valence-corrected chi connectivity index (χ1v) is 8.95. The Morgan fingerprint density at radius 2 is 1.62 bits per heavy atom. The molecule has 3 atom stereocenters. The van der Waals surface area contributed by atoms with E-state index in [-0.39, 0.29) is 12.1 Å². The van der Waals surface area contributed by atoms with Gasteiger partial charge >= 0.3 is 0 Å². The van der Waals surface area contributed by atoms with E-state index in [4.69, 9.17) is 0 Å². The summed E-state index contributed by atoms with van der Waals surface area (Å²) >= 11 is 0. The molecule has 4 heteroatoms. The molecular formula is C17H32F2N2. The Hall–Kier alpha value is -0.220. The lowest BCUT2D eigenvalue weighted by Gasteiger charge is -2.39. The van der Waals surface area contributed by atoms with Gasteiger partial charge in [-0.3, -0.25) is 0 Å². The van der Waals surface area contributed by atoms with E-state index < -0.39 is 12.3 Å². The van der Waals surface area contributed by atoms with Crippen molar-refractivity contribution in [1.82, 2.24) is 10.6 Å². The molecule has 3 unspecified atom stereocenters. The monoisotopic (exact) mass is 302 g/mol. The summed E-state index contributed by atoms with van der Waals surface area (Å²) in [6.45, 7) is 4.30. The average molecular weight is 302 g/mol. The molecule has 0 bridgehead atoms. The largest absolute Gasteiger partial charge is 0.301 e. The highest BCUT2D eigenvalue weighted by Crippen LogP contribution is 2.31. The second kappa shape index (κ2) is 9.04. The van der Waals surface area contributed by atoms with Crippen molar-refractivity contribution in [3.63, 3.8) is 0 Å². The molecule has 1 aliphatic heterocycles. The first kappa shape index (κ1) is 17.1. The molecule has 2 fully saturated rings. The highest BCUT2D eigenvalue weighted by atomic mass is 19.2. The van der Waals surface area contributed by atoms with Gasteiger partial charge in [0.05, 0.1) is 6.17 Å². The van der Waals surface area contributed by atoms with Gasteiger partial charge in [0.1, 0.15) is 12.3 Å². The Bertz CT molecular complexity index is 280. The molecule has 0 spiro atoms. The molecule has 2 rings (SSSR count). The van der Waals surface area contributed by atoms with Gasteiger partial charge in [0.15, 0.2) is 0 Å². The molecule has 1 aliphatic carbocycles. The van der Waals surface area contributed by atoms with E-state index in [1.54, 1.807) is 0 Å². The average Bonchev–Trinajstić information content (AvgIpc) is 2.50. The van der Waals surface area contributed by atoms with Crippen molar-refractivity contribution in [3.8, 4) is 0 Å². The lowest BCUT2D eigenvalue weighted by Crippen LogP contribution is -2.57. The molecule has 0 amide bonds. The minimum Gasteiger partial charge on any atom is -0.301 e. The van der Waals surface area contributed by atoms with E-state index in [2.05, 4.69) is 17.6 Å². The van der Waals surface area contributed by atoms with Gasteiger partial charge in [0, 0.05) is 13.1 Å². The highest BCUT2D eigenvalue weighted by Gasteiger charge is 2.35. The SMILES string of the molecule is CCCCCCCC1CNC(C2CCC(F)C(F)C2)NC1. The molecular weight excluding hydrogens is 270 g/mol. The van der Waals surface area contributed by atoms with Crippen LogP contribution in [-0.2, 0) is 0 Å². The van der Waals surface area contributed by atoms with Crippen LogP contribution in [0.25, 0.3) is 0 Å². The predicted molar refractivity (Wildman–Crippen MR) is 83.8 cm³/mol. The molecule has 2 nitrogen and oxygen atoms in total. The summed E-state index contributed by atoms with van der Waals surface area (Å²) in [6.07, 6.45) is 7.19. The van der Waals surface area contributed by atoms with Crippen molar-refractivity contribution in [1.29, 1.82) is 0 Å². The van der Waals surface area contributed by atoms with E-state index >= 15 is 0 Å². The number of hydrogen-bond donors (Lipinski definition) is 2. The van der Waals surface area contributed by atoms with Gasteiger partial charge in [0.2, 0.25) is 0 Å². The molecule has 124 valence electrons. The Balaban J connectivity index is 1.60. The maximum atomic E-state index is 13.5. The number of hydrogen-bond acceptors (Lipinski definition) is 2. The summed E-state index contributed by atoms with van der Waals surface area (Å²) in [6, 6.07) is 0. The molecule has 1 saturated carbocycles. The van der Waals surface area contributed by atoms with Crippen LogP contribution in [0, 0.1) is 11.8 Å². The normalized spacial score (nSPS) is 37.6. The minimum absolute atomic E-state index is 0.187. The number of alkyl halides is 2. The zero-order valence-electron chi connectivity index (χ0n) is 13.4. The van der Waals surface area contributed by atoms with Crippen molar-refractivity contribution < 1.29 is 8.78 Å². The fraction of sp³-hybridized carbons (Fsp3) is 1.00. The molecule has 2 N–H and O–H groups in total.